The first-order valence-electron chi connectivity index (χ1n) is 7.78. The minimum absolute atomic E-state index is 0.644. The van der Waals surface area contributed by atoms with Crippen molar-refractivity contribution in [1.82, 2.24) is 9.55 Å². The van der Waals surface area contributed by atoms with Gasteiger partial charge in [0, 0.05) is 31.6 Å². The molecule has 1 saturated carbocycles. The van der Waals surface area contributed by atoms with Gasteiger partial charge < -0.3 is 14.6 Å². The molecule has 4 heteroatoms. The standard InChI is InChI=1S/C15H25N3O/c1-2-6-14(7-3-1)18-9-8-16-15(18)17-11-13-5-4-10-19-12-13/h8-9,13-14H,1-7,10-12H2,(H,16,17). The Balaban J connectivity index is 1.56. The highest BCUT2D eigenvalue weighted by atomic mass is 16.5. The molecule has 0 bridgehead atoms. The number of nitrogens with zero attached hydrogens (tertiary/aromatic N) is 2. The summed E-state index contributed by atoms with van der Waals surface area (Å²) in [6.45, 7) is 2.83. The van der Waals surface area contributed by atoms with Crippen LogP contribution in [0.15, 0.2) is 12.4 Å². The van der Waals surface area contributed by atoms with Crippen LogP contribution in [-0.2, 0) is 4.74 Å². The number of ether oxygens (including phenoxy) is 1. The molecule has 1 aliphatic carbocycles. The van der Waals surface area contributed by atoms with Crippen LogP contribution in [0.1, 0.15) is 51.0 Å². The monoisotopic (exact) mass is 263 g/mol. The molecule has 3 rings (SSSR count). The first-order chi connectivity index (χ1) is 9.43. The van der Waals surface area contributed by atoms with E-state index in [1.54, 1.807) is 0 Å². The minimum atomic E-state index is 0.644. The Morgan fingerprint density at radius 3 is 2.89 bits per heavy atom. The average molecular weight is 263 g/mol. The van der Waals surface area contributed by atoms with Crippen LogP contribution in [0.2, 0.25) is 0 Å². The van der Waals surface area contributed by atoms with Crippen molar-refractivity contribution in [3.05, 3.63) is 12.4 Å². The maximum absolute atomic E-state index is 5.53. The van der Waals surface area contributed by atoms with Crippen molar-refractivity contribution >= 4 is 5.95 Å². The summed E-state index contributed by atoms with van der Waals surface area (Å²) < 4.78 is 7.88. The third-order valence-corrected chi connectivity index (χ3v) is 4.44. The van der Waals surface area contributed by atoms with Crippen molar-refractivity contribution < 1.29 is 4.74 Å². The molecule has 1 saturated heterocycles. The van der Waals surface area contributed by atoms with Crippen molar-refractivity contribution in [2.75, 3.05) is 25.1 Å². The van der Waals surface area contributed by atoms with Crippen LogP contribution >= 0.6 is 0 Å². The summed E-state index contributed by atoms with van der Waals surface area (Å²) in [6.07, 6.45) is 13.3. The van der Waals surface area contributed by atoms with E-state index in [2.05, 4.69) is 21.1 Å². The summed E-state index contributed by atoms with van der Waals surface area (Å²) in [7, 11) is 0. The van der Waals surface area contributed by atoms with Crippen molar-refractivity contribution in [3.8, 4) is 0 Å². The van der Waals surface area contributed by atoms with Crippen molar-refractivity contribution in [2.24, 2.45) is 5.92 Å². The van der Waals surface area contributed by atoms with E-state index in [9.17, 15) is 0 Å². The first kappa shape index (κ1) is 13.0. The smallest absolute Gasteiger partial charge is 0.203 e. The van der Waals surface area contributed by atoms with Crippen LogP contribution in [-0.4, -0.2) is 29.3 Å². The summed E-state index contributed by atoms with van der Waals surface area (Å²) in [5.74, 6) is 1.70. The van der Waals surface area contributed by atoms with Crippen LogP contribution < -0.4 is 5.32 Å². The third kappa shape index (κ3) is 3.30. The molecule has 1 unspecified atom stereocenters. The molecule has 1 aromatic rings. The quantitative estimate of drug-likeness (QED) is 0.906. The number of hydrogen-bond donors (Lipinski definition) is 1. The Labute approximate surface area is 115 Å². The lowest BCUT2D eigenvalue weighted by atomic mass is 9.95. The largest absolute Gasteiger partial charge is 0.381 e. The predicted molar refractivity (Wildman–Crippen MR) is 76.4 cm³/mol. The molecule has 0 aromatic carbocycles. The number of hydrogen-bond acceptors (Lipinski definition) is 3. The van der Waals surface area contributed by atoms with E-state index in [0.717, 1.165) is 25.7 Å². The van der Waals surface area contributed by atoms with Crippen LogP contribution in [0.4, 0.5) is 5.95 Å². The maximum atomic E-state index is 5.53. The van der Waals surface area contributed by atoms with Gasteiger partial charge in [-0.2, -0.15) is 0 Å². The van der Waals surface area contributed by atoms with Gasteiger partial charge in [-0.1, -0.05) is 19.3 Å². The van der Waals surface area contributed by atoms with E-state index in [1.165, 1.54) is 44.9 Å². The van der Waals surface area contributed by atoms with Gasteiger partial charge in [0.25, 0.3) is 0 Å². The molecule has 0 amide bonds. The van der Waals surface area contributed by atoms with Gasteiger partial charge in [0.15, 0.2) is 0 Å². The topological polar surface area (TPSA) is 39.1 Å². The molecule has 2 fully saturated rings. The molecule has 1 N–H and O–H groups in total. The third-order valence-electron chi connectivity index (χ3n) is 4.44. The van der Waals surface area contributed by atoms with Crippen LogP contribution in [0.25, 0.3) is 0 Å². The van der Waals surface area contributed by atoms with E-state index in [1.807, 2.05) is 6.20 Å². The van der Waals surface area contributed by atoms with Crippen LogP contribution in [0.3, 0.4) is 0 Å². The van der Waals surface area contributed by atoms with Gasteiger partial charge in [-0.05, 0) is 31.6 Å². The lowest BCUT2D eigenvalue weighted by Gasteiger charge is -2.26. The Morgan fingerprint density at radius 1 is 1.21 bits per heavy atom. The van der Waals surface area contributed by atoms with Gasteiger partial charge in [-0.15, -0.1) is 0 Å². The van der Waals surface area contributed by atoms with Gasteiger partial charge >= 0.3 is 0 Å². The zero-order valence-electron chi connectivity index (χ0n) is 11.7. The van der Waals surface area contributed by atoms with E-state index in [-0.39, 0.29) is 0 Å². The summed E-state index contributed by atoms with van der Waals surface area (Å²) in [5.41, 5.74) is 0. The molecule has 19 heavy (non-hydrogen) atoms. The lowest BCUT2D eigenvalue weighted by Crippen LogP contribution is -2.26. The Kier molecular flexibility index (Phi) is 4.38. The van der Waals surface area contributed by atoms with Crippen molar-refractivity contribution in [2.45, 2.75) is 51.0 Å². The number of nitrogens with one attached hydrogen (secondary N) is 1. The normalized spacial score (nSPS) is 25.4. The van der Waals surface area contributed by atoms with Crippen molar-refractivity contribution in [3.63, 3.8) is 0 Å². The number of anilines is 1. The molecular weight excluding hydrogens is 238 g/mol. The fourth-order valence-electron chi connectivity index (χ4n) is 3.31. The average Bonchev–Trinajstić information content (AvgIpc) is 2.95. The second-order valence-electron chi connectivity index (χ2n) is 5.91. The number of rotatable bonds is 4. The highest BCUT2D eigenvalue weighted by Crippen LogP contribution is 2.30. The fourth-order valence-corrected chi connectivity index (χ4v) is 3.31. The van der Waals surface area contributed by atoms with E-state index >= 15 is 0 Å². The SMILES string of the molecule is c1cn(C2CCCCC2)c(NCC2CCCOC2)n1. The second kappa shape index (κ2) is 6.42. The Bertz CT molecular complexity index is 378. The number of aromatic nitrogens is 2. The van der Waals surface area contributed by atoms with Gasteiger partial charge in [-0.25, -0.2) is 4.98 Å². The Morgan fingerprint density at radius 2 is 2.11 bits per heavy atom. The summed E-state index contributed by atoms with van der Waals surface area (Å²) in [6, 6.07) is 0.654. The molecular formula is C15H25N3O. The van der Waals surface area contributed by atoms with Gasteiger partial charge in [-0.3, -0.25) is 0 Å². The molecule has 2 aliphatic rings. The molecule has 0 radical (unpaired) electrons. The Hall–Kier alpha value is -1.03. The fraction of sp³-hybridized carbons (Fsp3) is 0.800. The van der Waals surface area contributed by atoms with Gasteiger partial charge in [0.05, 0.1) is 6.61 Å². The summed E-state index contributed by atoms with van der Waals surface area (Å²) in [4.78, 5) is 4.49. The first-order valence-corrected chi connectivity index (χ1v) is 7.78. The molecule has 106 valence electrons. The van der Waals surface area contributed by atoms with Gasteiger partial charge in [0.1, 0.15) is 0 Å². The lowest BCUT2D eigenvalue weighted by molar-refractivity contribution is 0.0594. The molecule has 0 spiro atoms. The molecule has 1 aliphatic heterocycles. The minimum Gasteiger partial charge on any atom is -0.381 e. The zero-order chi connectivity index (χ0) is 12.9. The molecule has 4 nitrogen and oxygen atoms in total. The highest BCUT2D eigenvalue weighted by Gasteiger charge is 2.19. The molecule has 1 atom stereocenters. The van der Waals surface area contributed by atoms with E-state index < -0.39 is 0 Å². The predicted octanol–water partition coefficient (Wildman–Crippen LogP) is 3.23. The van der Waals surface area contributed by atoms with Crippen molar-refractivity contribution in [1.29, 1.82) is 0 Å². The maximum Gasteiger partial charge on any atom is 0.203 e. The zero-order valence-corrected chi connectivity index (χ0v) is 11.7. The van der Waals surface area contributed by atoms with Crippen LogP contribution in [0, 0.1) is 5.92 Å². The highest BCUT2D eigenvalue weighted by molar-refractivity contribution is 5.27. The summed E-state index contributed by atoms with van der Waals surface area (Å²) >= 11 is 0. The molecule has 1 aromatic heterocycles. The van der Waals surface area contributed by atoms with Gasteiger partial charge in [0.2, 0.25) is 5.95 Å². The van der Waals surface area contributed by atoms with E-state index in [4.69, 9.17) is 4.74 Å². The second-order valence-corrected chi connectivity index (χ2v) is 5.91. The summed E-state index contributed by atoms with van der Waals surface area (Å²) in [5, 5.41) is 3.53. The molecule has 2 heterocycles. The van der Waals surface area contributed by atoms with Crippen LogP contribution in [0.5, 0.6) is 0 Å². The number of imidazole rings is 1. The van der Waals surface area contributed by atoms with E-state index in [0.29, 0.717) is 12.0 Å².